The summed E-state index contributed by atoms with van der Waals surface area (Å²) in [5.74, 6) is -4.73. The molecule has 0 radical (unpaired) electrons. The Morgan fingerprint density at radius 2 is 1.08 bits per heavy atom. The second-order valence-corrected chi connectivity index (χ2v) is 8.99. The molecular formula is C25H20F8N4+2. The van der Waals surface area contributed by atoms with Crippen LogP contribution in [0.4, 0.5) is 35.1 Å². The summed E-state index contributed by atoms with van der Waals surface area (Å²) >= 11 is 0. The number of benzene rings is 2. The standard InChI is InChI=1S/C13H10F5N2.C12H10F3N2/c14-12(15,13(16,17)18)7-19-6-10-3-1-2-9-4-5-20(8-19)11(9)10;13-12(14,15)7-16-6-10-3-1-2-9-4-5-17(8-16)11(9)10/h1-6H,7-8H2;1-6H,7-8H2/q2*+1. The maximum atomic E-state index is 13.1. The minimum atomic E-state index is -5.54. The number of nitrogens with zero attached hydrogens (tertiary/aromatic N) is 4. The van der Waals surface area contributed by atoms with Gasteiger partial charge in [-0.25, -0.2) is 9.15 Å². The van der Waals surface area contributed by atoms with Crippen LogP contribution >= 0.6 is 0 Å². The summed E-state index contributed by atoms with van der Waals surface area (Å²) in [6, 6.07) is 14.7. The van der Waals surface area contributed by atoms with Crippen LogP contribution in [0.1, 0.15) is 11.1 Å². The summed E-state index contributed by atoms with van der Waals surface area (Å²) in [4.78, 5) is 0. The fourth-order valence-electron chi connectivity index (χ4n) is 4.66. The Labute approximate surface area is 205 Å². The molecule has 4 aromatic rings. The molecule has 0 aliphatic carbocycles. The Kier molecular flexibility index (Phi) is 5.87. The molecule has 2 aromatic carbocycles. The van der Waals surface area contributed by atoms with Crippen molar-refractivity contribution in [1.29, 1.82) is 0 Å². The number of alkyl halides is 8. The third-order valence-electron chi connectivity index (χ3n) is 6.15. The van der Waals surface area contributed by atoms with Crippen molar-refractivity contribution in [2.45, 2.75) is 31.6 Å². The molecule has 0 atom stereocenters. The van der Waals surface area contributed by atoms with E-state index in [-0.39, 0.29) is 13.3 Å². The molecule has 4 heterocycles. The first-order valence-electron chi connectivity index (χ1n) is 11.2. The van der Waals surface area contributed by atoms with E-state index < -0.39 is 31.4 Å². The van der Waals surface area contributed by atoms with Gasteiger partial charge in [0, 0.05) is 23.2 Å². The number of halogens is 8. The molecule has 4 nitrogen and oxygen atoms in total. The number of hydrogen-bond acceptors (Lipinski definition) is 0. The molecule has 0 unspecified atom stereocenters. The summed E-state index contributed by atoms with van der Waals surface area (Å²) in [6.07, 6.45) is -3.28. The lowest BCUT2D eigenvalue weighted by atomic mass is 10.1. The molecule has 194 valence electrons. The normalized spacial score (nSPS) is 15.4. The molecule has 0 amide bonds. The van der Waals surface area contributed by atoms with Crippen molar-refractivity contribution in [2.75, 3.05) is 13.1 Å². The predicted octanol–water partition coefficient (Wildman–Crippen LogP) is 5.85. The van der Waals surface area contributed by atoms with Crippen LogP contribution in [-0.2, 0) is 13.3 Å². The summed E-state index contributed by atoms with van der Waals surface area (Å²) in [7, 11) is 0. The second kappa shape index (κ2) is 8.70. The van der Waals surface area contributed by atoms with E-state index in [1.54, 1.807) is 35.2 Å². The van der Waals surface area contributed by atoms with E-state index in [0.717, 1.165) is 31.9 Å². The maximum absolute atomic E-state index is 13.1. The zero-order valence-corrected chi connectivity index (χ0v) is 19.1. The Hall–Kier alpha value is -3.70. The lowest BCUT2D eigenvalue weighted by Gasteiger charge is -2.20. The van der Waals surface area contributed by atoms with Gasteiger partial charge in [-0.15, -0.1) is 0 Å². The minimum Gasteiger partial charge on any atom is -0.291 e. The molecule has 6 rings (SSSR count). The van der Waals surface area contributed by atoms with Gasteiger partial charge in [0.1, 0.15) is 0 Å². The van der Waals surface area contributed by atoms with Crippen LogP contribution in [0.25, 0.3) is 21.8 Å². The van der Waals surface area contributed by atoms with Gasteiger partial charge in [0.05, 0.1) is 22.2 Å². The lowest BCUT2D eigenvalue weighted by Crippen LogP contribution is -2.45. The Morgan fingerprint density at radius 3 is 1.51 bits per heavy atom. The van der Waals surface area contributed by atoms with Gasteiger partial charge in [0.25, 0.3) is 0 Å². The highest BCUT2D eigenvalue weighted by molar-refractivity contribution is 5.98. The van der Waals surface area contributed by atoms with Gasteiger partial charge >= 0.3 is 18.3 Å². The molecule has 2 aromatic heterocycles. The van der Waals surface area contributed by atoms with Crippen LogP contribution in [0.5, 0.6) is 0 Å². The van der Waals surface area contributed by atoms with Gasteiger partial charge in [-0.05, 0) is 24.3 Å². The van der Waals surface area contributed by atoms with Gasteiger partial charge in [0.15, 0.2) is 12.4 Å². The number of rotatable bonds is 3. The number of aromatic nitrogens is 2. The van der Waals surface area contributed by atoms with Crippen molar-refractivity contribution in [2.24, 2.45) is 0 Å². The summed E-state index contributed by atoms with van der Waals surface area (Å²) < 4.78 is 106. The average Bonchev–Trinajstić information content (AvgIpc) is 3.39. The second-order valence-electron chi connectivity index (χ2n) is 8.99. The van der Waals surface area contributed by atoms with E-state index in [1.807, 2.05) is 41.1 Å². The zero-order chi connectivity index (χ0) is 26.6. The molecule has 0 saturated carbocycles. The monoisotopic (exact) mass is 528 g/mol. The predicted molar refractivity (Wildman–Crippen MR) is 122 cm³/mol. The van der Waals surface area contributed by atoms with E-state index in [0.29, 0.717) is 5.56 Å². The molecule has 0 N–H and O–H groups in total. The summed E-state index contributed by atoms with van der Waals surface area (Å²) in [5, 5.41) is 1.99. The highest BCUT2D eigenvalue weighted by Gasteiger charge is 2.60. The molecule has 0 saturated heterocycles. The van der Waals surface area contributed by atoms with Gasteiger partial charge in [-0.1, -0.05) is 24.3 Å². The molecule has 2 aliphatic rings. The first-order chi connectivity index (χ1) is 17.3. The van der Waals surface area contributed by atoms with E-state index in [2.05, 4.69) is 0 Å². The van der Waals surface area contributed by atoms with Crippen LogP contribution in [0.2, 0.25) is 0 Å². The Morgan fingerprint density at radius 1 is 0.622 bits per heavy atom. The molecule has 0 bridgehead atoms. The Balaban J connectivity index is 0.000000153. The van der Waals surface area contributed by atoms with Crippen molar-refractivity contribution >= 4 is 34.2 Å². The highest BCUT2D eigenvalue weighted by Crippen LogP contribution is 2.36. The SMILES string of the molecule is FC(F)(F)C(F)(F)C[N+]1=Cc2cccc3ccn(c23)C1.FC(F)(F)C[N+]1=Cc2cccc3ccn(c23)C1. The first kappa shape index (κ1) is 25.0. The van der Waals surface area contributed by atoms with Crippen molar-refractivity contribution in [3.63, 3.8) is 0 Å². The minimum absolute atomic E-state index is 0.0216. The van der Waals surface area contributed by atoms with Crippen molar-refractivity contribution < 1.29 is 44.3 Å². The third-order valence-corrected chi connectivity index (χ3v) is 6.15. The Bertz CT molecular complexity index is 1540. The van der Waals surface area contributed by atoms with Gasteiger partial charge < -0.3 is 0 Å². The van der Waals surface area contributed by atoms with E-state index in [4.69, 9.17) is 0 Å². The van der Waals surface area contributed by atoms with Gasteiger partial charge in [0.2, 0.25) is 26.4 Å². The number of para-hydroxylation sites is 2. The van der Waals surface area contributed by atoms with Crippen molar-refractivity contribution in [1.82, 2.24) is 9.13 Å². The van der Waals surface area contributed by atoms with Gasteiger partial charge in [-0.3, -0.25) is 9.13 Å². The van der Waals surface area contributed by atoms with E-state index >= 15 is 0 Å². The summed E-state index contributed by atoms with van der Waals surface area (Å²) in [5.41, 5.74) is 3.32. The topological polar surface area (TPSA) is 15.9 Å². The first-order valence-corrected chi connectivity index (χ1v) is 11.2. The molecular weight excluding hydrogens is 508 g/mol. The smallest absolute Gasteiger partial charge is 0.291 e. The molecule has 12 heteroatoms. The summed E-state index contributed by atoms with van der Waals surface area (Å²) in [6.45, 7) is -2.07. The fraction of sp³-hybridized carbons (Fsp3) is 0.280. The zero-order valence-electron chi connectivity index (χ0n) is 19.1. The maximum Gasteiger partial charge on any atom is 0.460 e. The van der Waals surface area contributed by atoms with Crippen LogP contribution < -0.4 is 0 Å². The largest absolute Gasteiger partial charge is 0.460 e. The van der Waals surface area contributed by atoms with Crippen molar-refractivity contribution in [3.05, 3.63) is 72.1 Å². The third kappa shape index (κ3) is 4.96. The molecule has 37 heavy (non-hydrogen) atoms. The van der Waals surface area contributed by atoms with Crippen LogP contribution in [-0.4, -0.2) is 62.1 Å². The molecule has 0 fully saturated rings. The van der Waals surface area contributed by atoms with E-state index in [1.165, 1.54) is 10.8 Å². The van der Waals surface area contributed by atoms with Crippen LogP contribution in [0.3, 0.4) is 0 Å². The van der Waals surface area contributed by atoms with Crippen LogP contribution in [0.15, 0.2) is 60.9 Å². The molecule has 2 aliphatic heterocycles. The van der Waals surface area contributed by atoms with Gasteiger partial charge in [-0.2, -0.15) is 35.1 Å². The number of hydrogen-bond donors (Lipinski definition) is 0. The van der Waals surface area contributed by atoms with E-state index in [9.17, 15) is 35.1 Å². The quantitative estimate of drug-likeness (QED) is 0.235. The van der Waals surface area contributed by atoms with Crippen LogP contribution in [0, 0.1) is 0 Å². The highest BCUT2D eigenvalue weighted by atomic mass is 19.4. The molecule has 0 spiro atoms. The lowest BCUT2D eigenvalue weighted by molar-refractivity contribution is -0.584. The van der Waals surface area contributed by atoms with Crippen molar-refractivity contribution in [3.8, 4) is 0 Å². The fourth-order valence-corrected chi connectivity index (χ4v) is 4.66. The average molecular weight is 528 g/mol.